The number of likely N-dealkylation sites (N-methyl/N-ethyl adjacent to an activating group) is 1. The predicted molar refractivity (Wildman–Crippen MR) is 88.7 cm³/mol. The average Bonchev–Trinajstić information content (AvgIpc) is 2.60. The summed E-state index contributed by atoms with van der Waals surface area (Å²) in [6, 6.07) is 11.0. The number of fused-ring (bicyclic) bond motifs is 1. The summed E-state index contributed by atoms with van der Waals surface area (Å²) in [6.45, 7) is 0. The molecule has 0 aliphatic carbocycles. The molecule has 0 amide bonds. The van der Waals surface area contributed by atoms with Gasteiger partial charge < -0.3 is 10.2 Å². The summed E-state index contributed by atoms with van der Waals surface area (Å²) >= 11 is 0. The Morgan fingerprint density at radius 2 is 1.64 bits per heavy atom. The Bertz CT molecular complexity index is 1040. The first-order valence-electron chi connectivity index (χ1n) is 7.15. The Balaban J connectivity index is 2.26. The van der Waals surface area contributed by atoms with Crippen molar-refractivity contribution in [2.45, 2.75) is 4.90 Å². The zero-order valence-corrected chi connectivity index (χ0v) is 13.8. The molecule has 128 valence electrons. The van der Waals surface area contributed by atoms with E-state index in [2.05, 4.69) is 0 Å². The van der Waals surface area contributed by atoms with Gasteiger partial charge in [0.25, 0.3) is 10.0 Å². The van der Waals surface area contributed by atoms with Crippen LogP contribution in [0.4, 0.5) is 0 Å². The number of allylic oxidation sites excluding steroid dienone is 1. The topological polar surface area (TPSA) is 112 Å². The maximum atomic E-state index is 12.7. The highest BCUT2D eigenvalue weighted by molar-refractivity contribution is 7.89. The minimum atomic E-state index is -4.00. The van der Waals surface area contributed by atoms with Crippen LogP contribution in [0.5, 0.6) is 0 Å². The lowest BCUT2D eigenvalue weighted by Crippen LogP contribution is -2.37. The van der Waals surface area contributed by atoms with Gasteiger partial charge in [0.1, 0.15) is 5.70 Å². The van der Waals surface area contributed by atoms with Crippen molar-refractivity contribution in [3.63, 3.8) is 0 Å². The lowest BCUT2D eigenvalue weighted by Gasteiger charge is -2.28. The number of aromatic carboxylic acids is 1. The molecule has 1 heterocycles. The van der Waals surface area contributed by atoms with Gasteiger partial charge in [0, 0.05) is 18.2 Å². The van der Waals surface area contributed by atoms with Crippen LogP contribution in [0.3, 0.4) is 0 Å². The van der Waals surface area contributed by atoms with Crippen LogP contribution < -0.4 is 0 Å². The molecule has 0 bridgehead atoms. The number of aliphatic hydroxyl groups excluding tert-OH is 1. The van der Waals surface area contributed by atoms with E-state index in [1.807, 2.05) is 0 Å². The van der Waals surface area contributed by atoms with Crippen molar-refractivity contribution in [3.05, 3.63) is 70.9 Å². The quantitative estimate of drug-likeness (QED) is 0.627. The molecule has 25 heavy (non-hydrogen) atoms. The lowest BCUT2D eigenvalue weighted by molar-refractivity contribution is 0.0696. The van der Waals surface area contributed by atoms with Crippen LogP contribution in [0.1, 0.15) is 26.3 Å². The van der Waals surface area contributed by atoms with Crippen molar-refractivity contribution in [1.82, 2.24) is 4.31 Å². The molecule has 7 nitrogen and oxygen atoms in total. The van der Waals surface area contributed by atoms with E-state index in [1.165, 1.54) is 48.5 Å². The molecule has 2 aromatic carbocycles. The third-order valence-electron chi connectivity index (χ3n) is 3.91. The summed E-state index contributed by atoms with van der Waals surface area (Å²) in [5.74, 6) is -2.47. The Hall–Kier alpha value is -3.13. The summed E-state index contributed by atoms with van der Waals surface area (Å²) < 4.78 is 25.9. The lowest BCUT2D eigenvalue weighted by atomic mass is 10.0. The van der Waals surface area contributed by atoms with Crippen LogP contribution in [0.15, 0.2) is 59.1 Å². The Kier molecular flexibility index (Phi) is 3.84. The number of aliphatic hydroxyl groups is 1. The van der Waals surface area contributed by atoms with E-state index in [0.717, 1.165) is 7.05 Å². The van der Waals surface area contributed by atoms with Crippen LogP contribution in [-0.4, -0.2) is 41.7 Å². The normalized spacial score (nSPS) is 17.8. The van der Waals surface area contributed by atoms with Crippen LogP contribution in [0, 0.1) is 0 Å². The first-order chi connectivity index (χ1) is 11.7. The second-order valence-electron chi connectivity index (χ2n) is 5.38. The van der Waals surface area contributed by atoms with Crippen LogP contribution >= 0.6 is 0 Å². The van der Waals surface area contributed by atoms with E-state index < -0.39 is 33.2 Å². The highest BCUT2D eigenvalue weighted by Gasteiger charge is 2.39. The van der Waals surface area contributed by atoms with Crippen molar-refractivity contribution in [3.8, 4) is 0 Å². The molecule has 0 saturated heterocycles. The largest absolute Gasteiger partial charge is 0.505 e. The molecule has 1 aliphatic rings. The van der Waals surface area contributed by atoms with Gasteiger partial charge in [0.15, 0.2) is 5.76 Å². The Morgan fingerprint density at radius 3 is 2.32 bits per heavy atom. The van der Waals surface area contributed by atoms with Gasteiger partial charge in [-0.2, -0.15) is 0 Å². The summed E-state index contributed by atoms with van der Waals surface area (Å²) in [6.07, 6.45) is 0. The Morgan fingerprint density at radius 1 is 1.00 bits per heavy atom. The third kappa shape index (κ3) is 2.56. The van der Waals surface area contributed by atoms with Gasteiger partial charge in [-0.25, -0.2) is 13.2 Å². The monoisotopic (exact) mass is 359 g/mol. The SMILES string of the molecule is CN1/C(=C(/O)c2cccc(C(=O)O)c2)C(=O)c2ccccc2S1(=O)=O. The molecule has 2 N–H and O–H groups in total. The molecule has 0 saturated carbocycles. The maximum absolute atomic E-state index is 12.7. The smallest absolute Gasteiger partial charge is 0.335 e. The molecular weight excluding hydrogens is 346 g/mol. The van der Waals surface area contributed by atoms with Gasteiger partial charge in [-0.05, 0) is 24.3 Å². The van der Waals surface area contributed by atoms with Gasteiger partial charge in [0.05, 0.1) is 10.5 Å². The van der Waals surface area contributed by atoms with Crippen molar-refractivity contribution >= 4 is 27.5 Å². The second kappa shape index (κ2) is 5.75. The summed E-state index contributed by atoms with van der Waals surface area (Å²) in [7, 11) is -2.84. The van der Waals surface area contributed by atoms with Gasteiger partial charge in [0.2, 0.25) is 5.78 Å². The number of carbonyl (C=O) groups is 2. The number of sulfonamides is 1. The number of benzene rings is 2. The minimum Gasteiger partial charge on any atom is -0.505 e. The second-order valence-corrected chi connectivity index (χ2v) is 7.32. The fraction of sp³-hybridized carbons (Fsp3) is 0.0588. The number of carboxylic acids is 1. The molecular formula is C17H13NO6S. The summed E-state index contributed by atoms with van der Waals surface area (Å²) in [4.78, 5) is 23.6. The number of hydrogen-bond donors (Lipinski definition) is 2. The molecule has 0 spiro atoms. The van der Waals surface area contributed by atoms with Gasteiger partial charge in [-0.15, -0.1) is 0 Å². The highest BCUT2D eigenvalue weighted by atomic mass is 32.2. The summed E-state index contributed by atoms with van der Waals surface area (Å²) in [5.41, 5.74) is -0.540. The van der Waals surface area contributed by atoms with Crippen molar-refractivity contribution in [2.24, 2.45) is 0 Å². The van der Waals surface area contributed by atoms with E-state index in [1.54, 1.807) is 0 Å². The number of ketones is 1. The van der Waals surface area contributed by atoms with Crippen LogP contribution in [-0.2, 0) is 10.0 Å². The van der Waals surface area contributed by atoms with Gasteiger partial charge in [-0.3, -0.25) is 9.10 Å². The first kappa shape index (κ1) is 16.7. The molecule has 0 atom stereocenters. The molecule has 8 heteroatoms. The number of nitrogens with zero attached hydrogens (tertiary/aromatic N) is 1. The Labute approximate surface area is 143 Å². The van der Waals surface area contributed by atoms with E-state index in [-0.39, 0.29) is 21.6 Å². The number of rotatable bonds is 2. The molecule has 0 fully saturated rings. The average molecular weight is 359 g/mol. The third-order valence-corrected chi connectivity index (χ3v) is 5.72. The number of carboxylic acid groups (broad SMARTS) is 1. The van der Waals surface area contributed by atoms with Gasteiger partial charge in [-0.1, -0.05) is 24.3 Å². The van der Waals surface area contributed by atoms with E-state index in [9.17, 15) is 23.1 Å². The van der Waals surface area contributed by atoms with E-state index >= 15 is 0 Å². The minimum absolute atomic E-state index is 0.0321. The number of hydrogen-bond acceptors (Lipinski definition) is 5. The predicted octanol–water partition coefficient (Wildman–Crippen LogP) is 2.13. The number of carbonyl (C=O) groups excluding carboxylic acids is 1. The fourth-order valence-corrected chi connectivity index (χ4v) is 4.00. The molecule has 0 aromatic heterocycles. The molecule has 3 rings (SSSR count). The standard InChI is InChI=1S/C17H13NO6S/c1-18-14(15(19)10-5-4-6-11(9-10)17(21)22)16(20)12-7-2-3-8-13(12)25(18,23)24/h2-9,19H,1H3,(H,21,22)/b15-14+. The van der Waals surface area contributed by atoms with E-state index in [4.69, 9.17) is 5.11 Å². The van der Waals surface area contributed by atoms with Crippen molar-refractivity contribution in [2.75, 3.05) is 7.05 Å². The number of Topliss-reactive ketones (excluding diaryl/α,β-unsaturated/α-hetero) is 1. The van der Waals surface area contributed by atoms with Gasteiger partial charge >= 0.3 is 5.97 Å². The van der Waals surface area contributed by atoms with E-state index in [0.29, 0.717) is 4.31 Å². The molecule has 1 aliphatic heterocycles. The summed E-state index contributed by atoms with van der Waals surface area (Å²) in [5, 5.41) is 19.6. The molecule has 0 radical (unpaired) electrons. The van der Waals surface area contributed by atoms with Crippen LogP contribution in [0.2, 0.25) is 0 Å². The van der Waals surface area contributed by atoms with Crippen molar-refractivity contribution in [1.29, 1.82) is 0 Å². The maximum Gasteiger partial charge on any atom is 0.335 e. The zero-order chi connectivity index (χ0) is 18.4. The van der Waals surface area contributed by atoms with Crippen molar-refractivity contribution < 1.29 is 28.2 Å². The molecule has 0 unspecified atom stereocenters. The first-order valence-corrected chi connectivity index (χ1v) is 8.59. The zero-order valence-electron chi connectivity index (χ0n) is 13.0. The van der Waals surface area contributed by atoms with Crippen LogP contribution in [0.25, 0.3) is 5.76 Å². The highest BCUT2D eigenvalue weighted by Crippen LogP contribution is 2.34. The fourth-order valence-electron chi connectivity index (χ4n) is 2.61. The molecule has 2 aromatic rings.